The van der Waals surface area contributed by atoms with Crippen LogP contribution in [0.1, 0.15) is 11.5 Å². The van der Waals surface area contributed by atoms with Crippen molar-refractivity contribution in [1.82, 2.24) is 39.9 Å². The van der Waals surface area contributed by atoms with Crippen LogP contribution in [0.15, 0.2) is 70.9 Å². The summed E-state index contributed by atoms with van der Waals surface area (Å²) in [7, 11) is 0. The lowest BCUT2D eigenvalue weighted by molar-refractivity contribution is 0.517. The smallest absolute Gasteiger partial charge is 0.184 e. The number of aromatic amines is 2. The van der Waals surface area contributed by atoms with Gasteiger partial charge in [0.1, 0.15) is 47.2 Å². The molecule has 0 amide bonds. The molecule has 0 spiro atoms. The molecule has 0 fully saturated rings. The number of hydrogen-bond acceptors (Lipinski definition) is 10. The van der Waals surface area contributed by atoms with E-state index in [0.29, 0.717) is 24.7 Å². The average molecular weight is 430 g/mol. The van der Waals surface area contributed by atoms with Gasteiger partial charge in [-0.1, -0.05) is 0 Å². The predicted molar refractivity (Wildman–Crippen MR) is 114 cm³/mol. The van der Waals surface area contributed by atoms with Crippen molar-refractivity contribution < 1.29 is 8.83 Å². The zero-order chi connectivity index (χ0) is 21.6. The Labute approximate surface area is 181 Å². The van der Waals surface area contributed by atoms with Gasteiger partial charge in [0.15, 0.2) is 11.6 Å². The van der Waals surface area contributed by atoms with E-state index < -0.39 is 0 Å². The Morgan fingerprint density at radius 2 is 1.16 bits per heavy atom. The van der Waals surface area contributed by atoms with Gasteiger partial charge < -0.3 is 29.4 Å². The van der Waals surface area contributed by atoms with E-state index in [-0.39, 0.29) is 0 Å². The van der Waals surface area contributed by atoms with Crippen molar-refractivity contribution in [3.8, 4) is 23.0 Å². The van der Waals surface area contributed by atoms with Crippen LogP contribution in [0.4, 0.5) is 11.6 Å². The summed E-state index contributed by atoms with van der Waals surface area (Å²) in [5.74, 6) is 4.55. The third kappa shape index (κ3) is 4.23. The number of furan rings is 2. The Hall–Kier alpha value is -4.74. The second-order valence-electron chi connectivity index (χ2n) is 6.51. The van der Waals surface area contributed by atoms with Gasteiger partial charge in [-0.05, 0) is 24.3 Å². The highest BCUT2D eigenvalue weighted by atomic mass is 16.3. The number of hydrogen-bond donors (Lipinski definition) is 4. The molecule has 2 aromatic heterocycles. The molecule has 12 heteroatoms. The molecule has 32 heavy (non-hydrogen) atoms. The summed E-state index contributed by atoms with van der Waals surface area (Å²) in [6.45, 7) is 1.19. The highest BCUT2D eigenvalue weighted by molar-refractivity contribution is 5.66. The first-order chi connectivity index (χ1) is 15.9. The normalized spacial score (nSPS) is 10.8. The molecule has 160 valence electrons. The van der Waals surface area contributed by atoms with Gasteiger partial charge >= 0.3 is 0 Å². The van der Waals surface area contributed by atoms with Gasteiger partial charge in [0.05, 0.1) is 38.3 Å². The number of anilines is 2. The number of nitrogens with one attached hydrogen (secondary N) is 4. The molecular weight excluding hydrogens is 412 g/mol. The lowest BCUT2D eigenvalue weighted by Gasteiger charge is -2.06. The number of H-pyrrole nitrogens is 2. The van der Waals surface area contributed by atoms with E-state index in [1.165, 1.54) is 12.7 Å². The van der Waals surface area contributed by atoms with E-state index in [9.17, 15) is 0 Å². The van der Waals surface area contributed by atoms with Crippen LogP contribution in [0.2, 0.25) is 0 Å². The maximum absolute atomic E-state index is 5.22. The Morgan fingerprint density at radius 3 is 1.59 bits per heavy atom. The van der Waals surface area contributed by atoms with Crippen molar-refractivity contribution in [3.05, 3.63) is 73.6 Å². The summed E-state index contributed by atoms with van der Waals surface area (Å²) in [6, 6.07) is 7.51. The lowest BCUT2D eigenvalue weighted by atomic mass is 10.3. The number of imidazole rings is 2. The third-order valence-electron chi connectivity index (χ3n) is 4.46. The van der Waals surface area contributed by atoms with Crippen molar-refractivity contribution in [2.45, 2.75) is 13.1 Å². The van der Waals surface area contributed by atoms with E-state index in [2.05, 4.69) is 50.5 Å². The maximum Gasteiger partial charge on any atom is 0.184 e. The summed E-state index contributed by atoms with van der Waals surface area (Å²) in [4.78, 5) is 30.4. The third-order valence-corrected chi connectivity index (χ3v) is 4.46. The van der Waals surface area contributed by atoms with Crippen LogP contribution in [-0.2, 0) is 13.1 Å². The fraction of sp³-hybridized carbons (Fsp3) is 0.100. The van der Waals surface area contributed by atoms with Crippen LogP contribution >= 0.6 is 0 Å². The van der Waals surface area contributed by atoms with Crippen LogP contribution < -0.4 is 10.6 Å². The van der Waals surface area contributed by atoms with Crippen molar-refractivity contribution in [3.63, 3.8) is 0 Å². The van der Waals surface area contributed by atoms with Gasteiger partial charge in [-0.3, -0.25) is 0 Å². The van der Waals surface area contributed by atoms with E-state index in [1.54, 1.807) is 25.2 Å². The summed E-state index contributed by atoms with van der Waals surface area (Å²) in [5, 5.41) is 6.37. The lowest BCUT2D eigenvalue weighted by Crippen LogP contribution is -2.03. The molecule has 0 saturated heterocycles. The zero-order valence-corrected chi connectivity index (χ0v) is 16.7. The molecule has 2 aromatic rings. The molecule has 0 unspecified atom stereocenters. The molecule has 0 aromatic carbocycles. The van der Waals surface area contributed by atoms with E-state index in [1.807, 2.05) is 24.3 Å². The number of nitrogens with zero attached hydrogens (tertiary/aromatic N) is 6. The fourth-order valence-corrected chi connectivity index (χ4v) is 2.96. The van der Waals surface area contributed by atoms with Gasteiger partial charge in [-0.25, -0.2) is 29.9 Å². The Kier molecular flexibility index (Phi) is 5.38. The summed E-state index contributed by atoms with van der Waals surface area (Å²) >= 11 is 0. The van der Waals surface area contributed by atoms with Crippen LogP contribution in [0.25, 0.3) is 23.0 Å². The Morgan fingerprint density at radius 1 is 0.656 bits per heavy atom. The SMILES string of the molecule is c1coc(CNc2[nH]cnc3ncnc2-3)c1.c1coc(CNc2[nH]cnc3ncnc2-3)c1. The van der Waals surface area contributed by atoms with E-state index >= 15 is 0 Å². The minimum atomic E-state index is 0.593. The molecule has 0 radical (unpaired) electrons. The van der Waals surface area contributed by atoms with Gasteiger partial charge in [-0.15, -0.1) is 0 Å². The zero-order valence-electron chi connectivity index (χ0n) is 16.7. The second kappa shape index (κ2) is 8.95. The first kappa shape index (κ1) is 19.2. The molecular formula is C20H18N10O2. The molecule has 0 aliphatic carbocycles. The predicted octanol–water partition coefficient (Wildman–Crippen LogP) is 3.02. The summed E-state index contributed by atoms with van der Waals surface area (Å²) < 4.78 is 10.4. The van der Waals surface area contributed by atoms with Gasteiger partial charge in [0, 0.05) is 0 Å². The van der Waals surface area contributed by atoms with Crippen LogP contribution in [0, 0.1) is 0 Å². The van der Waals surface area contributed by atoms with Crippen molar-refractivity contribution in [2.75, 3.05) is 10.6 Å². The van der Waals surface area contributed by atoms with Crippen LogP contribution in [0.5, 0.6) is 0 Å². The summed E-state index contributed by atoms with van der Waals surface area (Å²) in [5.41, 5.74) is 1.46. The van der Waals surface area contributed by atoms with Gasteiger partial charge in [0.25, 0.3) is 0 Å². The van der Waals surface area contributed by atoms with E-state index in [0.717, 1.165) is 34.5 Å². The molecule has 0 atom stereocenters. The monoisotopic (exact) mass is 430 g/mol. The maximum atomic E-state index is 5.22. The highest BCUT2D eigenvalue weighted by Gasteiger charge is 2.13. The molecule has 0 bridgehead atoms. The van der Waals surface area contributed by atoms with Gasteiger partial charge in [0.2, 0.25) is 0 Å². The quantitative estimate of drug-likeness (QED) is 0.309. The molecule has 4 aliphatic rings. The fourth-order valence-electron chi connectivity index (χ4n) is 2.96. The van der Waals surface area contributed by atoms with Crippen LogP contribution in [0.3, 0.4) is 0 Å². The minimum Gasteiger partial charge on any atom is -0.467 e. The second-order valence-corrected chi connectivity index (χ2v) is 6.51. The van der Waals surface area contributed by atoms with Crippen molar-refractivity contribution in [2.24, 2.45) is 0 Å². The minimum absolute atomic E-state index is 0.593. The Balaban J connectivity index is 0.000000135. The molecule has 6 rings (SSSR count). The highest BCUT2D eigenvalue weighted by Crippen LogP contribution is 2.22. The largest absolute Gasteiger partial charge is 0.467 e. The Bertz CT molecular complexity index is 1190. The molecule has 0 saturated carbocycles. The molecule has 4 aliphatic heterocycles. The van der Waals surface area contributed by atoms with Crippen LogP contribution in [-0.4, -0.2) is 39.9 Å². The standard InChI is InChI=1S/2C10H9N5O/c2*1-2-7(16-3-1)4-11-9-8-10(13-5-12-8)15-6-14-9/h2*1-3,5-6H,4H2,(H2,11,12,13,14,15). The first-order valence-corrected chi connectivity index (χ1v) is 9.67. The number of aromatic nitrogens is 8. The van der Waals surface area contributed by atoms with Gasteiger partial charge in [-0.2, -0.15) is 0 Å². The number of rotatable bonds is 6. The van der Waals surface area contributed by atoms with Crippen molar-refractivity contribution >= 4 is 11.6 Å². The first-order valence-electron chi connectivity index (χ1n) is 9.67. The summed E-state index contributed by atoms with van der Waals surface area (Å²) in [6.07, 6.45) is 9.44. The topological polar surface area (TPSA) is 159 Å². The van der Waals surface area contributed by atoms with Crippen molar-refractivity contribution in [1.29, 1.82) is 0 Å². The molecule has 4 N–H and O–H groups in total. The average Bonchev–Trinajstić information content (AvgIpc) is 3.64. The number of fused-ring (bicyclic) bond motifs is 2. The molecule has 6 heterocycles. The van der Waals surface area contributed by atoms with E-state index in [4.69, 9.17) is 8.83 Å². The molecule has 12 nitrogen and oxygen atoms in total.